The van der Waals surface area contributed by atoms with Crippen LogP contribution in [-0.2, 0) is 15.3 Å². The minimum absolute atomic E-state index is 0.300. The number of aromatic nitrogens is 1. The summed E-state index contributed by atoms with van der Waals surface area (Å²) in [5, 5.41) is 0. The number of ether oxygens (including phenoxy) is 1. The Balaban J connectivity index is 1.89. The van der Waals surface area contributed by atoms with Gasteiger partial charge in [0.1, 0.15) is 11.9 Å². The molecule has 0 bridgehead atoms. The second kappa shape index (κ2) is 7.24. The molecule has 0 saturated carbocycles. The van der Waals surface area contributed by atoms with E-state index >= 15 is 0 Å². The van der Waals surface area contributed by atoms with Crippen LogP contribution < -0.4 is 5.73 Å². The number of nitrogens with two attached hydrogens (primary N) is 1. The van der Waals surface area contributed by atoms with Gasteiger partial charge < -0.3 is 14.9 Å². The molecule has 0 aliphatic rings. The monoisotopic (exact) mass is 310 g/mol. The van der Waals surface area contributed by atoms with E-state index < -0.39 is 12.0 Å². The van der Waals surface area contributed by atoms with Crippen molar-refractivity contribution in [1.82, 2.24) is 4.98 Å². The molecule has 0 amide bonds. The van der Waals surface area contributed by atoms with Crippen molar-refractivity contribution in [2.45, 2.75) is 11.8 Å². The Kier molecular flexibility index (Phi) is 5.35. The summed E-state index contributed by atoms with van der Waals surface area (Å²) in [5.41, 5.74) is 6.38. The second-order valence-electron chi connectivity index (χ2n) is 4.27. The maximum absolute atomic E-state index is 12.8. The van der Waals surface area contributed by atoms with Crippen LogP contribution in [0.25, 0.3) is 11.3 Å². The Morgan fingerprint density at radius 1 is 1.48 bits per heavy atom. The molecule has 7 heteroatoms. The normalized spacial score (nSPS) is 12.1. The van der Waals surface area contributed by atoms with Crippen molar-refractivity contribution in [2.24, 2.45) is 5.73 Å². The highest BCUT2D eigenvalue weighted by Crippen LogP contribution is 2.22. The second-order valence-corrected chi connectivity index (χ2v) is 5.30. The van der Waals surface area contributed by atoms with E-state index in [-0.39, 0.29) is 5.82 Å². The molecule has 0 radical (unpaired) electrons. The lowest BCUT2D eigenvalue weighted by Crippen LogP contribution is -2.33. The van der Waals surface area contributed by atoms with Crippen LogP contribution in [0.5, 0.6) is 0 Å². The molecule has 21 heavy (non-hydrogen) atoms. The lowest BCUT2D eigenvalue weighted by atomic mass is 10.2. The van der Waals surface area contributed by atoms with Gasteiger partial charge in [0.2, 0.25) is 5.89 Å². The number of thioether (sulfide) groups is 1. The molecule has 0 aliphatic heterocycles. The number of methoxy groups -OCH3 is 1. The number of benzene rings is 1. The molecule has 1 heterocycles. The molecule has 1 aromatic heterocycles. The number of rotatable bonds is 6. The summed E-state index contributed by atoms with van der Waals surface area (Å²) in [5.74, 6) is 1.26. The Labute approximate surface area is 125 Å². The quantitative estimate of drug-likeness (QED) is 0.824. The molecule has 2 aromatic rings. The third-order valence-electron chi connectivity index (χ3n) is 2.71. The molecule has 1 unspecified atom stereocenters. The lowest BCUT2D eigenvalue weighted by Gasteiger charge is -2.07. The summed E-state index contributed by atoms with van der Waals surface area (Å²) in [6, 6.07) is 5.31. The van der Waals surface area contributed by atoms with Gasteiger partial charge in [0.25, 0.3) is 0 Å². The van der Waals surface area contributed by atoms with Crippen LogP contribution in [0.4, 0.5) is 4.39 Å². The van der Waals surface area contributed by atoms with Crippen molar-refractivity contribution in [3.05, 3.63) is 42.2 Å². The smallest absolute Gasteiger partial charge is 0.323 e. The summed E-state index contributed by atoms with van der Waals surface area (Å²) < 4.78 is 23.0. The van der Waals surface area contributed by atoms with Crippen molar-refractivity contribution >= 4 is 17.7 Å². The zero-order valence-corrected chi connectivity index (χ0v) is 12.2. The predicted molar refractivity (Wildman–Crippen MR) is 78.1 cm³/mol. The summed E-state index contributed by atoms with van der Waals surface area (Å²) >= 11 is 1.43. The van der Waals surface area contributed by atoms with E-state index in [9.17, 15) is 9.18 Å². The fourth-order valence-electron chi connectivity index (χ4n) is 1.62. The van der Waals surface area contributed by atoms with Crippen LogP contribution in [0, 0.1) is 5.82 Å². The van der Waals surface area contributed by atoms with Gasteiger partial charge in [-0.05, 0) is 24.3 Å². The predicted octanol–water partition coefficient (Wildman–Crippen LogP) is 2.21. The largest absolute Gasteiger partial charge is 0.468 e. The molecule has 1 aromatic carbocycles. The fraction of sp³-hybridized carbons (Fsp3) is 0.286. The van der Waals surface area contributed by atoms with Gasteiger partial charge in [-0.2, -0.15) is 0 Å². The van der Waals surface area contributed by atoms with Crippen LogP contribution in [-0.4, -0.2) is 29.9 Å². The first-order valence-electron chi connectivity index (χ1n) is 6.22. The van der Waals surface area contributed by atoms with Gasteiger partial charge in [-0.1, -0.05) is 0 Å². The maximum Gasteiger partial charge on any atom is 0.323 e. The van der Waals surface area contributed by atoms with Crippen LogP contribution in [0.15, 0.2) is 34.9 Å². The summed E-state index contributed by atoms with van der Waals surface area (Å²) in [4.78, 5) is 15.3. The average Bonchev–Trinajstić information content (AvgIpc) is 2.95. The molecule has 0 saturated heterocycles. The standard InChI is InChI=1S/C14H15FN2O3S/c1-19-14(18)11(16)7-21-8-13-17-6-12(20-13)9-2-4-10(15)5-3-9/h2-6,11H,7-8,16H2,1H3. The Morgan fingerprint density at radius 2 is 2.19 bits per heavy atom. The highest BCUT2D eigenvalue weighted by Gasteiger charge is 2.14. The minimum atomic E-state index is -0.661. The SMILES string of the molecule is COC(=O)C(N)CSCc1ncc(-c2ccc(F)cc2)o1. The zero-order valence-electron chi connectivity index (χ0n) is 11.4. The number of carbonyl (C=O) groups is 1. The number of hydrogen-bond acceptors (Lipinski definition) is 6. The molecule has 1 atom stereocenters. The lowest BCUT2D eigenvalue weighted by molar-refractivity contribution is -0.141. The highest BCUT2D eigenvalue weighted by molar-refractivity contribution is 7.98. The van der Waals surface area contributed by atoms with E-state index in [4.69, 9.17) is 10.2 Å². The van der Waals surface area contributed by atoms with E-state index in [1.54, 1.807) is 18.3 Å². The van der Waals surface area contributed by atoms with E-state index in [1.807, 2.05) is 0 Å². The first-order valence-corrected chi connectivity index (χ1v) is 7.37. The number of carbonyl (C=O) groups excluding carboxylic acids is 1. The van der Waals surface area contributed by atoms with E-state index in [2.05, 4.69) is 9.72 Å². The maximum atomic E-state index is 12.8. The van der Waals surface area contributed by atoms with Crippen molar-refractivity contribution in [3.63, 3.8) is 0 Å². The van der Waals surface area contributed by atoms with E-state index in [0.29, 0.717) is 23.2 Å². The van der Waals surface area contributed by atoms with E-state index in [0.717, 1.165) is 5.56 Å². The number of esters is 1. The Bertz CT molecular complexity index is 601. The van der Waals surface area contributed by atoms with Gasteiger partial charge in [-0.25, -0.2) is 9.37 Å². The van der Waals surface area contributed by atoms with Gasteiger partial charge in [-0.15, -0.1) is 11.8 Å². The molecular weight excluding hydrogens is 295 g/mol. The number of oxazole rings is 1. The molecule has 0 spiro atoms. The van der Waals surface area contributed by atoms with Crippen molar-refractivity contribution in [2.75, 3.05) is 12.9 Å². The van der Waals surface area contributed by atoms with Crippen LogP contribution in [0.2, 0.25) is 0 Å². The van der Waals surface area contributed by atoms with Crippen molar-refractivity contribution in [3.8, 4) is 11.3 Å². The van der Waals surface area contributed by atoms with Crippen LogP contribution in [0.3, 0.4) is 0 Å². The topological polar surface area (TPSA) is 78.4 Å². The van der Waals surface area contributed by atoms with Crippen molar-refractivity contribution in [1.29, 1.82) is 0 Å². The minimum Gasteiger partial charge on any atom is -0.468 e. The van der Waals surface area contributed by atoms with Crippen LogP contribution >= 0.6 is 11.8 Å². The van der Waals surface area contributed by atoms with Crippen molar-refractivity contribution < 1.29 is 18.3 Å². The Hall–Kier alpha value is -1.86. The van der Waals surface area contributed by atoms with Gasteiger partial charge in [0.15, 0.2) is 5.76 Å². The molecule has 2 rings (SSSR count). The fourth-order valence-corrected chi connectivity index (χ4v) is 2.43. The number of nitrogens with zero attached hydrogens (tertiary/aromatic N) is 1. The average molecular weight is 310 g/mol. The number of halogens is 1. The molecule has 5 nitrogen and oxygen atoms in total. The molecule has 2 N–H and O–H groups in total. The third kappa shape index (κ3) is 4.30. The molecule has 0 aliphatic carbocycles. The zero-order chi connectivity index (χ0) is 15.2. The number of hydrogen-bond donors (Lipinski definition) is 1. The molecule has 0 fully saturated rings. The van der Waals surface area contributed by atoms with Gasteiger partial charge in [0.05, 0.1) is 19.1 Å². The van der Waals surface area contributed by atoms with E-state index in [1.165, 1.54) is 31.0 Å². The van der Waals surface area contributed by atoms with Gasteiger partial charge in [-0.3, -0.25) is 4.79 Å². The first-order chi connectivity index (χ1) is 10.1. The van der Waals surface area contributed by atoms with Gasteiger partial charge in [0, 0.05) is 11.3 Å². The highest BCUT2D eigenvalue weighted by atomic mass is 32.2. The summed E-state index contributed by atoms with van der Waals surface area (Å²) in [6.07, 6.45) is 1.59. The Morgan fingerprint density at radius 3 is 2.86 bits per heavy atom. The van der Waals surface area contributed by atoms with Gasteiger partial charge >= 0.3 is 5.97 Å². The summed E-state index contributed by atoms with van der Waals surface area (Å²) in [7, 11) is 1.30. The first kappa shape index (κ1) is 15.5. The third-order valence-corrected chi connectivity index (χ3v) is 3.76. The summed E-state index contributed by atoms with van der Waals surface area (Å²) in [6.45, 7) is 0. The molecular formula is C14H15FN2O3S. The molecule has 112 valence electrons. The van der Waals surface area contributed by atoms with Crippen LogP contribution in [0.1, 0.15) is 5.89 Å².